The average Bonchev–Trinajstić information content (AvgIpc) is 2.84. The topological polar surface area (TPSA) is 35.5 Å². The van der Waals surface area contributed by atoms with Crippen LogP contribution in [-0.2, 0) is 6.42 Å². The number of alkyl halides is 2. The van der Waals surface area contributed by atoms with Crippen molar-refractivity contribution in [2.75, 3.05) is 0 Å². The lowest BCUT2D eigenvalue weighted by atomic mass is 10.0. The molecule has 0 aliphatic rings. The van der Waals surface area contributed by atoms with Crippen molar-refractivity contribution in [3.8, 4) is 22.6 Å². The van der Waals surface area contributed by atoms with Gasteiger partial charge in [0.25, 0.3) is 0 Å². The van der Waals surface area contributed by atoms with Crippen molar-refractivity contribution in [1.29, 1.82) is 0 Å². The molecule has 0 radical (unpaired) electrons. The Hall–Kier alpha value is -3.21. The highest BCUT2D eigenvalue weighted by molar-refractivity contribution is 5.91. The van der Waals surface area contributed by atoms with Crippen LogP contribution >= 0.6 is 0 Å². The van der Waals surface area contributed by atoms with E-state index in [0.29, 0.717) is 5.75 Å². The largest absolute Gasteiger partial charge is 0.435 e. The van der Waals surface area contributed by atoms with E-state index in [1.807, 2.05) is 12.1 Å². The molecular formula is C29H32F2O3. The van der Waals surface area contributed by atoms with Gasteiger partial charge in [-0.3, -0.25) is 0 Å². The first-order valence-electron chi connectivity index (χ1n) is 12.0. The summed E-state index contributed by atoms with van der Waals surface area (Å²) >= 11 is 0. The molecule has 5 heteroatoms. The lowest BCUT2D eigenvalue weighted by Gasteiger charge is -2.08. The summed E-state index contributed by atoms with van der Waals surface area (Å²) in [5, 5.41) is 0. The summed E-state index contributed by atoms with van der Waals surface area (Å²) in [4.78, 5) is 12.3. The molecule has 0 fully saturated rings. The van der Waals surface area contributed by atoms with Crippen molar-refractivity contribution in [3.05, 3.63) is 83.9 Å². The molecule has 0 amide bonds. The number of carbonyl (C=O) groups is 1. The summed E-state index contributed by atoms with van der Waals surface area (Å²) in [6.07, 6.45) is 10.3. The number of ether oxygens (including phenoxy) is 2. The summed E-state index contributed by atoms with van der Waals surface area (Å²) in [6.45, 7) is -0.661. The number of esters is 1. The third kappa shape index (κ3) is 8.29. The molecule has 0 bridgehead atoms. The lowest BCUT2D eigenvalue weighted by Crippen LogP contribution is -2.08. The van der Waals surface area contributed by atoms with Crippen molar-refractivity contribution in [2.45, 2.75) is 64.9 Å². The minimum absolute atomic E-state index is 0.00988. The highest BCUT2D eigenvalue weighted by Crippen LogP contribution is 2.24. The van der Waals surface area contributed by atoms with Crippen LogP contribution < -0.4 is 9.47 Å². The number of rotatable bonds is 13. The fourth-order valence-corrected chi connectivity index (χ4v) is 3.80. The van der Waals surface area contributed by atoms with Crippen molar-refractivity contribution in [2.24, 2.45) is 0 Å². The Morgan fingerprint density at radius 2 is 1.24 bits per heavy atom. The molecule has 0 aliphatic carbocycles. The van der Waals surface area contributed by atoms with Gasteiger partial charge in [0.15, 0.2) is 0 Å². The van der Waals surface area contributed by atoms with Crippen molar-refractivity contribution in [3.63, 3.8) is 0 Å². The number of hydrogen-bond acceptors (Lipinski definition) is 3. The standard InChI is InChI=1S/C29H32F2O3/c1-2-3-4-5-6-7-8-9-22-10-12-23(13-11-22)24-14-18-26(19-15-24)33-28(32)25-16-20-27(21-17-25)34-29(30)31/h10-21,29H,2-9H2,1H3. The van der Waals surface area contributed by atoms with Gasteiger partial charge in [-0.1, -0.05) is 81.8 Å². The molecule has 0 saturated heterocycles. The molecule has 0 atom stereocenters. The Labute approximate surface area is 200 Å². The molecule has 0 unspecified atom stereocenters. The van der Waals surface area contributed by atoms with Crippen LogP contribution in [0.5, 0.6) is 11.5 Å². The number of halogens is 2. The molecule has 34 heavy (non-hydrogen) atoms. The van der Waals surface area contributed by atoms with Crippen LogP contribution in [0, 0.1) is 0 Å². The summed E-state index contributed by atoms with van der Waals surface area (Å²) in [5.74, 6) is -0.160. The molecule has 180 valence electrons. The Morgan fingerprint density at radius 3 is 1.82 bits per heavy atom. The van der Waals surface area contributed by atoms with E-state index in [-0.39, 0.29) is 11.3 Å². The second kappa shape index (κ2) is 13.5. The van der Waals surface area contributed by atoms with E-state index in [1.165, 1.54) is 74.8 Å². The van der Waals surface area contributed by atoms with Crippen LogP contribution in [-0.4, -0.2) is 12.6 Å². The molecular weight excluding hydrogens is 434 g/mol. The Balaban J connectivity index is 1.47. The third-order valence-corrected chi connectivity index (χ3v) is 5.74. The first kappa shape index (κ1) is 25.4. The van der Waals surface area contributed by atoms with Gasteiger partial charge in [0.1, 0.15) is 11.5 Å². The van der Waals surface area contributed by atoms with Gasteiger partial charge in [-0.25, -0.2) is 4.79 Å². The molecule has 0 aliphatic heterocycles. The molecule has 3 aromatic rings. The van der Waals surface area contributed by atoms with Gasteiger partial charge in [-0.15, -0.1) is 0 Å². The van der Waals surface area contributed by atoms with Gasteiger partial charge in [-0.2, -0.15) is 8.78 Å². The zero-order chi connectivity index (χ0) is 24.2. The van der Waals surface area contributed by atoms with E-state index in [4.69, 9.17) is 4.74 Å². The van der Waals surface area contributed by atoms with E-state index in [1.54, 1.807) is 12.1 Å². The molecule has 3 nitrogen and oxygen atoms in total. The average molecular weight is 467 g/mol. The minimum Gasteiger partial charge on any atom is -0.435 e. The van der Waals surface area contributed by atoms with Crippen LogP contribution in [0.4, 0.5) is 8.78 Å². The lowest BCUT2D eigenvalue weighted by molar-refractivity contribution is -0.0498. The second-order valence-electron chi connectivity index (χ2n) is 8.39. The number of benzene rings is 3. The molecule has 0 N–H and O–H groups in total. The highest BCUT2D eigenvalue weighted by Gasteiger charge is 2.10. The van der Waals surface area contributed by atoms with E-state index in [2.05, 4.69) is 35.9 Å². The van der Waals surface area contributed by atoms with E-state index in [0.717, 1.165) is 17.5 Å². The molecule has 0 aromatic heterocycles. The zero-order valence-electron chi connectivity index (χ0n) is 19.6. The van der Waals surface area contributed by atoms with Gasteiger partial charge in [0.05, 0.1) is 5.56 Å². The SMILES string of the molecule is CCCCCCCCCc1ccc(-c2ccc(OC(=O)c3ccc(OC(F)F)cc3)cc2)cc1. The molecule has 0 spiro atoms. The summed E-state index contributed by atoms with van der Waals surface area (Å²) in [5.41, 5.74) is 3.75. The third-order valence-electron chi connectivity index (χ3n) is 5.74. The normalized spacial score (nSPS) is 10.9. The zero-order valence-corrected chi connectivity index (χ0v) is 19.6. The number of aryl methyl sites for hydroxylation is 1. The van der Waals surface area contributed by atoms with Gasteiger partial charge in [0, 0.05) is 0 Å². The maximum Gasteiger partial charge on any atom is 0.387 e. The fourth-order valence-electron chi connectivity index (χ4n) is 3.80. The minimum atomic E-state index is -2.90. The molecule has 3 aromatic carbocycles. The van der Waals surface area contributed by atoms with Gasteiger partial charge >= 0.3 is 12.6 Å². The van der Waals surface area contributed by atoms with E-state index in [9.17, 15) is 13.6 Å². The number of hydrogen-bond donors (Lipinski definition) is 0. The summed E-state index contributed by atoms with van der Waals surface area (Å²) in [6, 6.07) is 21.3. The first-order valence-corrected chi connectivity index (χ1v) is 12.0. The summed E-state index contributed by atoms with van der Waals surface area (Å²) in [7, 11) is 0. The van der Waals surface area contributed by atoms with Crippen molar-refractivity contribution < 1.29 is 23.0 Å². The molecule has 0 heterocycles. The highest BCUT2D eigenvalue weighted by atomic mass is 19.3. The van der Waals surface area contributed by atoms with Crippen LogP contribution in [0.2, 0.25) is 0 Å². The van der Waals surface area contributed by atoms with Crippen LogP contribution in [0.3, 0.4) is 0 Å². The smallest absolute Gasteiger partial charge is 0.387 e. The van der Waals surface area contributed by atoms with Crippen molar-refractivity contribution >= 4 is 5.97 Å². The Bertz CT molecular complexity index is 997. The number of unbranched alkanes of at least 4 members (excludes halogenated alkanes) is 6. The van der Waals surface area contributed by atoms with E-state index < -0.39 is 12.6 Å². The second-order valence-corrected chi connectivity index (χ2v) is 8.39. The monoisotopic (exact) mass is 466 g/mol. The molecule has 0 saturated carbocycles. The van der Waals surface area contributed by atoms with Crippen molar-refractivity contribution in [1.82, 2.24) is 0 Å². The van der Waals surface area contributed by atoms with Gasteiger partial charge in [-0.05, 0) is 65.9 Å². The number of carbonyl (C=O) groups excluding carboxylic acids is 1. The fraction of sp³-hybridized carbons (Fsp3) is 0.345. The summed E-state index contributed by atoms with van der Waals surface area (Å²) < 4.78 is 34.1. The maximum absolute atomic E-state index is 12.3. The predicted molar refractivity (Wildman–Crippen MR) is 132 cm³/mol. The Kier molecular flexibility index (Phi) is 10.1. The Morgan fingerprint density at radius 1 is 0.706 bits per heavy atom. The van der Waals surface area contributed by atoms with Crippen LogP contribution in [0.15, 0.2) is 72.8 Å². The predicted octanol–water partition coefficient (Wildman–Crippen LogP) is 8.47. The van der Waals surface area contributed by atoms with Crippen LogP contribution in [0.25, 0.3) is 11.1 Å². The van der Waals surface area contributed by atoms with E-state index >= 15 is 0 Å². The van der Waals surface area contributed by atoms with Gasteiger partial charge in [0.2, 0.25) is 0 Å². The van der Waals surface area contributed by atoms with Gasteiger partial charge < -0.3 is 9.47 Å². The molecule has 3 rings (SSSR count). The first-order chi connectivity index (χ1) is 16.5. The maximum atomic E-state index is 12.3. The van der Waals surface area contributed by atoms with Crippen LogP contribution in [0.1, 0.15) is 67.8 Å². The quantitative estimate of drug-likeness (QED) is 0.144.